The number of aromatic amines is 2. The summed E-state index contributed by atoms with van der Waals surface area (Å²) in [6.07, 6.45) is 12.6. The maximum absolute atomic E-state index is 5.15. The molecule has 1 aromatic carbocycles. The fraction of sp³-hybridized carbons (Fsp3) is 0.182. The van der Waals surface area contributed by atoms with E-state index < -0.39 is 0 Å². The Morgan fingerprint density at radius 1 is 0.846 bits per heavy atom. The van der Waals surface area contributed by atoms with E-state index in [0.717, 1.165) is 35.0 Å². The molecule has 4 aromatic heterocycles. The van der Waals surface area contributed by atoms with Gasteiger partial charge in [-0.15, -0.1) is 0 Å². The number of H-pyrrole nitrogens is 2. The highest BCUT2D eigenvalue weighted by Gasteiger charge is 2.22. The molecule has 1 aliphatic rings. The first kappa shape index (κ1) is 14.1. The molecule has 0 atom stereocenters. The topological polar surface area (TPSA) is 57.4 Å². The van der Waals surface area contributed by atoms with Crippen molar-refractivity contribution >= 4 is 32.7 Å². The number of rotatable bonds is 1. The first-order valence-electron chi connectivity index (χ1n) is 9.23. The van der Waals surface area contributed by atoms with Crippen LogP contribution < -0.4 is 0 Å². The molecule has 4 heteroatoms. The van der Waals surface area contributed by atoms with Crippen LogP contribution in [-0.2, 0) is 12.8 Å². The Bertz CT molecular complexity index is 1290. The first-order chi connectivity index (χ1) is 12.9. The van der Waals surface area contributed by atoms with Crippen LogP contribution in [0.25, 0.3) is 44.0 Å². The summed E-state index contributed by atoms with van der Waals surface area (Å²) < 4.78 is 0. The third-order valence-corrected chi connectivity index (χ3v) is 5.74. The molecule has 1 aliphatic carbocycles. The van der Waals surface area contributed by atoms with Gasteiger partial charge < -0.3 is 9.97 Å². The molecule has 126 valence electrons. The summed E-state index contributed by atoms with van der Waals surface area (Å²) >= 11 is 0. The minimum Gasteiger partial charge on any atom is -0.361 e. The van der Waals surface area contributed by atoms with Crippen LogP contribution in [-0.4, -0.2) is 19.9 Å². The van der Waals surface area contributed by atoms with Crippen LogP contribution in [0.15, 0.2) is 49.1 Å². The first-order valence-corrected chi connectivity index (χ1v) is 9.23. The number of hydrogen-bond acceptors (Lipinski definition) is 2. The molecule has 0 saturated heterocycles. The Kier molecular flexibility index (Phi) is 2.80. The van der Waals surface area contributed by atoms with Gasteiger partial charge in [0.2, 0.25) is 0 Å². The number of hydrogen-bond donors (Lipinski definition) is 2. The highest BCUT2D eigenvalue weighted by Crippen LogP contribution is 2.39. The Balaban J connectivity index is 1.75. The van der Waals surface area contributed by atoms with Gasteiger partial charge >= 0.3 is 0 Å². The highest BCUT2D eigenvalue weighted by atomic mass is 14.8. The normalized spacial score (nSPS) is 14.3. The molecular weight excluding hydrogens is 320 g/mol. The zero-order chi connectivity index (χ0) is 17.1. The van der Waals surface area contributed by atoms with Crippen molar-refractivity contribution in [2.75, 3.05) is 0 Å². The molecule has 0 aliphatic heterocycles. The number of pyridine rings is 2. The smallest absolute Gasteiger partial charge is 0.0766 e. The minimum absolute atomic E-state index is 1.09. The van der Waals surface area contributed by atoms with Crippen LogP contribution in [0.2, 0.25) is 0 Å². The van der Waals surface area contributed by atoms with Crippen LogP contribution in [0.3, 0.4) is 0 Å². The molecule has 0 saturated carbocycles. The molecule has 0 fully saturated rings. The molecule has 0 unspecified atom stereocenters. The Hall–Kier alpha value is -3.14. The van der Waals surface area contributed by atoms with E-state index in [1.165, 1.54) is 45.8 Å². The van der Waals surface area contributed by atoms with Gasteiger partial charge in [-0.25, -0.2) is 4.98 Å². The van der Waals surface area contributed by atoms with Gasteiger partial charge in [-0.3, -0.25) is 4.98 Å². The lowest BCUT2D eigenvalue weighted by Gasteiger charge is -2.21. The van der Waals surface area contributed by atoms with Gasteiger partial charge in [-0.05, 0) is 61.1 Å². The number of aromatic nitrogens is 4. The summed E-state index contributed by atoms with van der Waals surface area (Å²) in [5.41, 5.74) is 8.59. The molecule has 0 radical (unpaired) electrons. The average molecular weight is 338 g/mol. The van der Waals surface area contributed by atoms with Gasteiger partial charge in [0.25, 0.3) is 0 Å². The summed E-state index contributed by atoms with van der Waals surface area (Å²) in [5, 5.41) is 3.77. The zero-order valence-corrected chi connectivity index (χ0v) is 14.3. The molecular formula is C22H18N4. The van der Waals surface area contributed by atoms with Gasteiger partial charge in [-0.1, -0.05) is 0 Å². The SMILES string of the molecule is c1cc2[nH]cc(-c3nc4ccc5[nH]ccc5c4c4c3CCCC4)c2cn1. The third-order valence-electron chi connectivity index (χ3n) is 5.74. The molecule has 6 rings (SSSR count). The molecule has 0 amide bonds. The summed E-state index contributed by atoms with van der Waals surface area (Å²) in [6, 6.07) is 8.50. The summed E-state index contributed by atoms with van der Waals surface area (Å²) in [7, 11) is 0. The van der Waals surface area contributed by atoms with Gasteiger partial charge in [0.05, 0.1) is 11.2 Å². The van der Waals surface area contributed by atoms with Crippen LogP contribution in [0, 0.1) is 0 Å². The van der Waals surface area contributed by atoms with Gasteiger partial charge in [0, 0.05) is 57.5 Å². The highest BCUT2D eigenvalue weighted by molar-refractivity contribution is 6.09. The predicted octanol–water partition coefficient (Wildman–Crippen LogP) is 5.14. The molecule has 4 heterocycles. The second-order valence-electron chi connectivity index (χ2n) is 7.15. The van der Waals surface area contributed by atoms with E-state index in [2.05, 4.69) is 39.3 Å². The maximum atomic E-state index is 5.15. The fourth-order valence-corrected chi connectivity index (χ4v) is 4.54. The average Bonchev–Trinajstić information content (AvgIpc) is 3.34. The van der Waals surface area contributed by atoms with E-state index in [0.29, 0.717) is 0 Å². The van der Waals surface area contributed by atoms with E-state index in [-0.39, 0.29) is 0 Å². The van der Waals surface area contributed by atoms with Crippen molar-refractivity contribution in [3.8, 4) is 11.3 Å². The monoisotopic (exact) mass is 338 g/mol. The molecule has 5 aromatic rings. The number of nitrogens with one attached hydrogen (secondary N) is 2. The van der Waals surface area contributed by atoms with Crippen molar-refractivity contribution in [2.24, 2.45) is 0 Å². The Morgan fingerprint density at radius 3 is 2.69 bits per heavy atom. The number of fused-ring (bicyclic) bond motifs is 6. The molecule has 26 heavy (non-hydrogen) atoms. The van der Waals surface area contributed by atoms with Gasteiger partial charge in [-0.2, -0.15) is 0 Å². The lowest BCUT2D eigenvalue weighted by molar-refractivity contribution is 0.689. The Morgan fingerprint density at radius 2 is 1.73 bits per heavy atom. The second-order valence-corrected chi connectivity index (χ2v) is 7.15. The Labute approximate surface area is 150 Å². The quantitative estimate of drug-likeness (QED) is 0.445. The van der Waals surface area contributed by atoms with E-state index in [1.54, 1.807) is 0 Å². The minimum atomic E-state index is 1.09. The summed E-state index contributed by atoms with van der Waals surface area (Å²) in [5.74, 6) is 0. The fourth-order valence-electron chi connectivity index (χ4n) is 4.54. The predicted molar refractivity (Wildman–Crippen MR) is 105 cm³/mol. The van der Waals surface area contributed by atoms with Crippen molar-refractivity contribution in [3.63, 3.8) is 0 Å². The van der Waals surface area contributed by atoms with Crippen molar-refractivity contribution in [3.05, 3.63) is 60.2 Å². The van der Waals surface area contributed by atoms with Gasteiger partial charge in [0.15, 0.2) is 0 Å². The molecule has 0 spiro atoms. The molecule has 4 nitrogen and oxygen atoms in total. The third kappa shape index (κ3) is 1.84. The second kappa shape index (κ2) is 5.18. The van der Waals surface area contributed by atoms with E-state index in [1.807, 2.05) is 24.7 Å². The van der Waals surface area contributed by atoms with E-state index in [4.69, 9.17) is 4.98 Å². The number of benzene rings is 1. The van der Waals surface area contributed by atoms with Crippen molar-refractivity contribution in [1.82, 2.24) is 19.9 Å². The lowest BCUT2D eigenvalue weighted by Crippen LogP contribution is -2.07. The lowest BCUT2D eigenvalue weighted by atomic mass is 9.85. The number of aryl methyl sites for hydroxylation is 1. The zero-order valence-electron chi connectivity index (χ0n) is 14.3. The summed E-state index contributed by atoms with van der Waals surface area (Å²) in [4.78, 5) is 16.2. The van der Waals surface area contributed by atoms with Crippen LogP contribution in [0.4, 0.5) is 0 Å². The summed E-state index contributed by atoms with van der Waals surface area (Å²) in [6.45, 7) is 0. The molecule has 0 bridgehead atoms. The van der Waals surface area contributed by atoms with Crippen molar-refractivity contribution < 1.29 is 0 Å². The number of nitrogens with zero attached hydrogens (tertiary/aromatic N) is 2. The van der Waals surface area contributed by atoms with Crippen LogP contribution >= 0.6 is 0 Å². The van der Waals surface area contributed by atoms with Crippen molar-refractivity contribution in [1.29, 1.82) is 0 Å². The van der Waals surface area contributed by atoms with Gasteiger partial charge in [0.1, 0.15) is 0 Å². The van der Waals surface area contributed by atoms with E-state index >= 15 is 0 Å². The van der Waals surface area contributed by atoms with Crippen molar-refractivity contribution in [2.45, 2.75) is 25.7 Å². The van der Waals surface area contributed by atoms with Crippen LogP contribution in [0.1, 0.15) is 24.0 Å². The standard InChI is InChI=1S/C22H18N4/c1-2-4-14-13(3-1)21-15-7-10-24-18(15)5-6-20(21)26-22(14)17-12-25-19-8-9-23-11-16(17)19/h5-12,24-25H,1-4H2. The molecule has 2 N–H and O–H groups in total. The largest absolute Gasteiger partial charge is 0.361 e. The van der Waals surface area contributed by atoms with Crippen LogP contribution in [0.5, 0.6) is 0 Å². The van der Waals surface area contributed by atoms with E-state index in [9.17, 15) is 0 Å². The maximum Gasteiger partial charge on any atom is 0.0766 e.